The number of carbonyl (C=O) groups excluding carboxylic acids is 1. The molecule has 0 unspecified atom stereocenters. The maximum atomic E-state index is 9.65. The van der Waals surface area contributed by atoms with Gasteiger partial charge in [-0.2, -0.15) is 0 Å². The molecule has 0 aliphatic heterocycles. The second kappa shape index (κ2) is 10.4. The Balaban J connectivity index is -0.000000180. The number of carboxylic acids is 1. The van der Waals surface area contributed by atoms with Gasteiger partial charge in [-0.25, -0.2) is 0 Å². The van der Waals surface area contributed by atoms with E-state index in [9.17, 15) is 9.90 Å². The topological polar surface area (TPSA) is 103 Å². The van der Waals surface area contributed by atoms with E-state index in [4.69, 9.17) is 0 Å². The molecule has 0 aliphatic rings. The molecule has 0 heterocycles. The Morgan fingerprint density at radius 2 is 1.89 bits per heavy atom. The van der Waals surface area contributed by atoms with Crippen molar-refractivity contribution in [3.05, 3.63) is 0 Å². The first-order valence-corrected chi connectivity index (χ1v) is 2.47. The molecule has 0 aromatic heterocycles. The lowest BCUT2D eigenvalue weighted by Crippen LogP contribution is -2.21. The molecular formula is C5H13O4-. The Morgan fingerprint density at radius 3 is 2.00 bits per heavy atom. The van der Waals surface area contributed by atoms with Crippen LogP contribution in [0.25, 0.3) is 0 Å². The van der Waals surface area contributed by atoms with Gasteiger partial charge in [0.15, 0.2) is 0 Å². The smallest absolute Gasteiger partial charge is 0.0414 e. The maximum Gasteiger partial charge on any atom is 0.0414 e. The van der Waals surface area contributed by atoms with Gasteiger partial charge in [-0.15, -0.1) is 0 Å². The van der Waals surface area contributed by atoms with E-state index in [1.54, 1.807) is 0 Å². The van der Waals surface area contributed by atoms with Crippen molar-refractivity contribution >= 4 is 5.97 Å². The van der Waals surface area contributed by atoms with E-state index >= 15 is 0 Å². The molecule has 0 rings (SSSR count). The van der Waals surface area contributed by atoms with E-state index in [0.29, 0.717) is 0 Å². The average Bonchev–Trinajstić information content (AvgIpc) is 1.61. The molecule has 0 aliphatic carbocycles. The third kappa shape index (κ3) is 18.7. The van der Waals surface area contributed by atoms with Gasteiger partial charge in [0.2, 0.25) is 0 Å². The first-order chi connectivity index (χ1) is 3.27. The van der Waals surface area contributed by atoms with Crippen molar-refractivity contribution < 1.29 is 20.9 Å². The molecular weight excluding hydrogens is 124 g/mol. The van der Waals surface area contributed by atoms with Crippen molar-refractivity contribution in [3.63, 3.8) is 0 Å². The molecule has 0 radical (unpaired) electrons. The molecule has 9 heavy (non-hydrogen) atoms. The highest BCUT2D eigenvalue weighted by atomic mass is 16.4. The molecule has 0 bridgehead atoms. The van der Waals surface area contributed by atoms with Crippen molar-refractivity contribution in [1.82, 2.24) is 0 Å². The fourth-order valence-corrected chi connectivity index (χ4v) is 0.321. The predicted octanol–water partition coefficient (Wildman–Crippen LogP) is -1.72. The molecule has 0 atom stereocenters. The van der Waals surface area contributed by atoms with E-state index in [0.717, 1.165) is 12.8 Å². The largest absolute Gasteiger partial charge is 0.550 e. The molecule has 0 aromatic carbocycles. The predicted molar refractivity (Wildman–Crippen MR) is 31.8 cm³/mol. The summed E-state index contributed by atoms with van der Waals surface area (Å²) in [6.45, 7) is 1.95. The summed E-state index contributed by atoms with van der Waals surface area (Å²) >= 11 is 0. The number of carbonyl (C=O) groups is 1. The highest BCUT2D eigenvalue weighted by Gasteiger charge is 1.80. The fourth-order valence-electron chi connectivity index (χ4n) is 0.321. The van der Waals surface area contributed by atoms with Crippen LogP contribution in [0.15, 0.2) is 0 Å². The Hall–Kier alpha value is -0.610. The third-order valence-corrected chi connectivity index (χ3v) is 0.734. The first-order valence-electron chi connectivity index (χ1n) is 2.47. The van der Waals surface area contributed by atoms with Crippen LogP contribution in [-0.2, 0) is 4.79 Å². The SMILES string of the molecule is CCCCC(=O)[O-].O.O. The van der Waals surface area contributed by atoms with Crippen molar-refractivity contribution in [2.45, 2.75) is 26.2 Å². The van der Waals surface area contributed by atoms with Gasteiger partial charge in [-0.1, -0.05) is 13.3 Å². The number of hydrogen-bond donors (Lipinski definition) is 0. The zero-order valence-corrected chi connectivity index (χ0v) is 5.44. The summed E-state index contributed by atoms with van der Waals surface area (Å²) in [5.41, 5.74) is 0. The minimum Gasteiger partial charge on any atom is -0.550 e. The second-order valence-corrected chi connectivity index (χ2v) is 1.48. The number of unbranched alkanes of at least 4 members (excludes halogenated alkanes) is 1. The van der Waals surface area contributed by atoms with Gasteiger partial charge in [-0.3, -0.25) is 0 Å². The molecule has 4 N–H and O–H groups in total. The lowest BCUT2D eigenvalue weighted by molar-refractivity contribution is -0.305. The molecule has 0 fully saturated rings. The first kappa shape index (κ1) is 15.8. The number of aliphatic carboxylic acids is 1. The van der Waals surface area contributed by atoms with Crippen molar-refractivity contribution in [1.29, 1.82) is 0 Å². The molecule has 4 nitrogen and oxygen atoms in total. The van der Waals surface area contributed by atoms with Gasteiger partial charge < -0.3 is 20.9 Å². The van der Waals surface area contributed by atoms with E-state index in [2.05, 4.69) is 0 Å². The lowest BCUT2D eigenvalue weighted by Gasteiger charge is -1.95. The number of rotatable bonds is 3. The van der Waals surface area contributed by atoms with Crippen LogP contribution in [0.4, 0.5) is 0 Å². The van der Waals surface area contributed by atoms with Gasteiger partial charge in [0.1, 0.15) is 0 Å². The molecule has 0 aromatic rings. The molecule has 0 amide bonds. The minimum atomic E-state index is -0.943. The van der Waals surface area contributed by atoms with E-state index < -0.39 is 5.97 Å². The Labute approximate surface area is 54.1 Å². The summed E-state index contributed by atoms with van der Waals surface area (Å²) in [4.78, 5) is 9.65. The van der Waals surface area contributed by atoms with E-state index in [1.807, 2.05) is 6.92 Å². The monoisotopic (exact) mass is 137 g/mol. The minimum absolute atomic E-state index is 0. The van der Waals surface area contributed by atoms with E-state index in [-0.39, 0.29) is 17.4 Å². The van der Waals surface area contributed by atoms with Gasteiger partial charge >= 0.3 is 0 Å². The van der Waals surface area contributed by atoms with Crippen LogP contribution in [0.5, 0.6) is 0 Å². The maximum absolute atomic E-state index is 9.65. The average molecular weight is 137 g/mol. The molecule has 0 saturated carbocycles. The summed E-state index contributed by atoms with van der Waals surface area (Å²) in [6, 6.07) is 0. The quantitative estimate of drug-likeness (QED) is 0.461. The van der Waals surface area contributed by atoms with Crippen LogP contribution in [-0.4, -0.2) is 16.9 Å². The van der Waals surface area contributed by atoms with Crippen LogP contribution >= 0.6 is 0 Å². The van der Waals surface area contributed by atoms with Crippen molar-refractivity contribution in [2.24, 2.45) is 0 Å². The summed E-state index contributed by atoms with van der Waals surface area (Å²) in [7, 11) is 0. The molecule has 0 spiro atoms. The zero-order chi connectivity index (χ0) is 5.70. The summed E-state index contributed by atoms with van der Waals surface area (Å²) in [5, 5.41) is 9.65. The summed E-state index contributed by atoms with van der Waals surface area (Å²) < 4.78 is 0. The van der Waals surface area contributed by atoms with E-state index in [1.165, 1.54) is 0 Å². The van der Waals surface area contributed by atoms with Crippen LogP contribution in [0.1, 0.15) is 26.2 Å². The highest BCUT2D eigenvalue weighted by molar-refractivity contribution is 5.63. The Bertz CT molecular complexity index is 62.0. The lowest BCUT2D eigenvalue weighted by atomic mass is 10.3. The fraction of sp³-hybridized carbons (Fsp3) is 0.800. The third-order valence-electron chi connectivity index (χ3n) is 0.734. The number of carboxylic acid groups (broad SMARTS) is 1. The molecule has 4 heteroatoms. The zero-order valence-electron chi connectivity index (χ0n) is 5.44. The Kier molecular flexibility index (Phi) is 18.2. The molecule has 0 saturated heterocycles. The normalized spacial score (nSPS) is 6.78. The van der Waals surface area contributed by atoms with Gasteiger partial charge in [0.05, 0.1) is 0 Å². The van der Waals surface area contributed by atoms with Gasteiger partial charge in [0, 0.05) is 5.97 Å². The highest BCUT2D eigenvalue weighted by Crippen LogP contribution is 1.89. The van der Waals surface area contributed by atoms with Crippen LogP contribution in [0.3, 0.4) is 0 Å². The van der Waals surface area contributed by atoms with Gasteiger partial charge in [-0.05, 0) is 12.8 Å². The summed E-state index contributed by atoms with van der Waals surface area (Å²) in [6.07, 6.45) is 1.87. The molecule has 58 valence electrons. The second-order valence-electron chi connectivity index (χ2n) is 1.48. The van der Waals surface area contributed by atoms with Crippen LogP contribution in [0.2, 0.25) is 0 Å². The van der Waals surface area contributed by atoms with Crippen molar-refractivity contribution in [2.75, 3.05) is 0 Å². The van der Waals surface area contributed by atoms with Crippen molar-refractivity contribution in [3.8, 4) is 0 Å². The van der Waals surface area contributed by atoms with Crippen LogP contribution < -0.4 is 5.11 Å². The summed E-state index contributed by atoms with van der Waals surface area (Å²) in [5.74, 6) is -0.943. The number of hydrogen-bond acceptors (Lipinski definition) is 2. The Morgan fingerprint density at radius 1 is 1.44 bits per heavy atom. The van der Waals surface area contributed by atoms with Crippen LogP contribution in [0, 0.1) is 0 Å². The van der Waals surface area contributed by atoms with Gasteiger partial charge in [0.25, 0.3) is 0 Å². The standard InChI is InChI=1S/C5H10O2.2H2O/c1-2-3-4-5(6)7;;/h2-4H2,1H3,(H,6,7);2*1H2/p-1.